The van der Waals surface area contributed by atoms with Crippen molar-refractivity contribution in [2.45, 2.75) is 33.4 Å². The number of aliphatic hydroxyl groups excluding tert-OH is 1. The molecule has 1 unspecified atom stereocenters. The third-order valence-corrected chi connectivity index (χ3v) is 3.20. The van der Waals surface area contributed by atoms with Crippen LogP contribution < -0.4 is 0 Å². The maximum absolute atomic E-state index is 12.8. The molecule has 0 fully saturated rings. The number of halogens is 1. The Kier molecular flexibility index (Phi) is 4.27. The van der Waals surface area contributed by atoms with Crippen molar-refractivity contribution < 1.29 is 9.50 Å². The molecule has 0 bridgehead atoms. The van der Waals surface area contributed by atoms with E-state index in [4.69, 9.17) is 0 Å². The average Bonchev–Trinajstić information content (AvgIpc) is 2.82. The van der Waals surface area contributed by atoms with Crippen molar-refractivity contribution in [1.29, 1.82) is 0 Å². The van der Waals surface area contributed by atoms with E-state index in [0.717, 1.165) is 18.7 Å². The Morgan fingerprint density at radius 1 is 1.37 bits per heavy atom. The fourth-order valence-corrected chi connectivity index (χ4v) is 1.82. The minimum absolute atomic E-state index is 0.0649. The largest absolute Gasteiger partial charge is 0.390 e. The fraction of sp³-hybridized carbons (Fsp3) is 0.429. The van der Waals surface area contributed by atoms with Crippen molar-refractivity contribution in [3.05, 3.63) is 35.9 Å². The number of rotatable bonds is 5. The van der Waals surface area contributed by atoms with Gasteiger partial charge in [0.05, 0.1) is 24.2 Å². The molecule has 19 heavy (non-hydrogen) atoms. The van der Waals surface area contributed by atoms with Crippen molar-refractivity contribution in [2.24, 2.45) is 5.92 Å². The van der Waals surface area contributed by atoms with Gasteiger partial charge in [0.25, 0.3) is 0 Å². The summed E-state index contributed by atoms with van der Waals surface area (Å²) in [5.74, 6) is 0.115. The molecule has 0 aromatic carbocycles. The Labute approximate surface area is 111 Å². The number of pyridine rings is 1. The summed E-state index contributed by atoms with van der Waals surface area (Å²) in [6.45, 7) is 4.95. The van der Waals surface area contributed by atoms with E-state index in [-0.39, 0.29) is 12.4 Å². The molecular weight excluding hydrogens is 245 g/mol. The minimum atomic E-state index is -0.370. The van der Waals surface area contributed by atoms with Gasteiger partial charge in [0, 0.05) is 6.54 Å². The normalized spacial score (nSPS) is 12.6. The molecule has 4 nitrogen and oxygen atoms in total. The van der Waals surface area contributed by atoms with E-state index >= 15 is 0 Å². The molecule has 2 rings (SSSR count). The van der Waals surface area contributed by atoms with Gasteiger partial charge in [0.1, 0.15) is 11.5 Å². The Morgan fingerprint density at radius 3 is 2.74 bits per heavy atom. The predicted molar refractivity (Wildman–Crippen MR) is 70.8 cm³/mol. The average molecular weight is 263 g/mol. The molecule has 0 aliphatic carbocycles. The van der Waals surface area contributed by atoms with Crippen LogP contribution in [-0.2, 0) is 13.2 Å². The summed E-state index contributed by atoms with van der Waals surface area (Å²) in [6, 6.07) is 4.74. The molecule has 5 heteroatoms. The lowest BCUT2D eigenvalue weighted by Gasteiger charge is -2.10. The lowest BCUT2D eigenvalue weighted by atomic mass is 10.1. The molecule has 0 radical (unpaired) electrons. The lowest BCUT2D eigenvalue weighted by Crippen LogP contribution is -2.11. The third-order valence-electron chi connectivity index (χ3n) is 3.20. The molecule has 2 aromatic heterocycles. The smallest absolute Gasteiger partial charge is 0.141 e. The number of aromatic nitrogens is 3. The van der Waals surface area contributed by atoms with Crippen molar-refractivity contribution in [2.75, 3.05) is 0 Å². The summed E-state index contributed by atoms with van der Waals surface area (Å²) in [7, 11) is 0. The first-order valence-electron chi connectivity index (χ1n) is 6.43. The number of hydrogen-bond acceptors (Lipinski definition) is 3. The van der Waals surface area contributed by atoms with Gasteiger partial charge in [-0.1, -0.05) is 20.3 Å². The summed E-state index contributed by atoms with van der Waals surface area (Å²) >= 11 is 0. The fourth-order valence-electron chi connectivity index (χ4n) is 1.82. The van der Waals surface area contributed by atoms with E-state index in [0.29, 0.717) is 17.3 Å². The second-order valence-corrected chi connectivity index (χ2v) is 4.74. The van der Waals surface area contributed by atoms with Gasteiger partial charge in [0.15, 0.2) is 0 Å². The molecule has 0 aliphatic heterocycles. The zero-order valence-electron chi connectivity index (χ0n) is 11.2. The van der Waals surface area contributed by atoms with Gasteiger partial charge in [-0.05, 0) is 24.1 Å². The topological polar surface area (TPSA) is 50.9 Å². The first-order chi connectivity index (χ1) is 9.13. The first-order valence-corrected chi connectivity index (χ1v) is 6.43. The van der Waals surface area contributed by atoms with Crippen molar-refractivity contribution in [3.8, 4) is 11.4 Å². The molecule has 2 aromatic rings. The first kappa shape index (κ1) is 13.7. The molecule has 0 saturated heterocycles. The van der Waals surface area contributed by atoms with Crippen molar-refractivity contribution in [3.63, 3.8) is 0 Å². The van der Waals surface area contributed by atoms with Crippen LogP contribution in [0.4, 0.5) is 4.39 Å². The molecule has 102 valence electrons. The van der Waals surface area contributed by atoms with Crippen LogP contribution in [0.2, 0.25) is 0 Å². The second kappa shape index (κ2) is 5.93. The highest BCUT2D eigenvalue weighted by Gasteiger charge is 2.11. The van der Waals surface area contributed by atoms with Gasteiger partial charge in [0.2, 0.25) is 0 Å². The summed E-state index contributed by atoms with van der Waals surface area (Å²) < 4.78 is 14.6. The van der Waals surface area contributed by atoms with Crippen LogP contribution in [0.25, 0.3) is 11.4 Å². The zero-order valence-corrected chi connectivity index (χ0v) is 11.2. The highest BCUT2D eigenvalue weighted by molar-refractivity contribution is 5.53. The summed E-state index contributed by atoms with van der Waals surface area (Å²) in [5, 5.41) is 13.8. The van der Waals surface area contributed by atoms with Crippen LogP contribution in [-0.4, -0.2) is 19.9 Å². The maximum Gasteiger partial charge on any atom is 0.141 e. The SMILES string of the molecule is CCC(C)Cn1nc(-c2ccc(F)cn2)cc1CO. The number of nitrogens with zero attached hydrogens (tertiary/aromatic N) is 3. The highest BCUT2D eigenvalue weighted by atomic mass is 19.1. The van der Waals surface area contributed by atoms with Crippen LogP contribution in [0.5, 0.6) is 0 Å². The van der Waals surface area contributed by atoms with Gasteiger partial charge >= 0.3 is 0 Å². The standard InChI is InChI=1S/C14H18FN3O/c1-3-10(2)8-18-12(9-19)6-14(17-18)13-5-4-11(15)7-16-13/h4-7,10,19H,3,8-9H2,1-2H3. The Hall–Kier alpha value is -1.75. The van der Waals surface area contributed by atoms with Crippen LogP contribution >= 0.6 is 0 Å². The zero-order chi connectivity index (χ0) is 13.8. The minimum Gasteiger partial charge on any atom is -0.390 e. The molecule has 0 spiro atoms. The summed E-state index contributed by atoms with van der Waals surface area (Å²) in [5.41, 5.74) is 2.02. The Bertz CT molecular complexity index is 536. The van der Waals surface area contributed by atoms with Gasteiger partial charge in [-0.3, -0.25) is 9.67 Å². The second-order valence-electron chi connectivity index (χ2n) is 4.74. The van der Waals surface area contributed by atoms with Crippen LogP contribution in [0, 0.1) is 11.7 Å². The van der Waals surface area contributed by atoms with E-state index in [2.05, 4.69) is 23.9 Å². The van der Waals surface area contributed by atoms with Gasteiger partial charge < -0.3 is 5.11 Å². The predicted octanol–water partition coefficient (Wildman–Crippen LogP) is 2.62. The van der Waals surface area contributed by atoms with E-state index in [1.807, 2.05) is 0 Å². The van der Waals surface area contributed by atoms with Gasteiger partial charge in [-0.25, -0.2) is 4.39 Å². The van der Waals surface area contributed by atoms with E-state index in [1.54, 1.807) is 16.8 Å². The van der Waals surface area contributed by atoms with Crippen molar-refractivity contribution >= 4 is 0 Å². The van der Waals surface area contributed by atoms with Gasteiger partial charge in [-0.2, -0.15) is 5.10 Å². The molecular formula is C14H18FN3O. The molecule has 0 amide bonds. The monoisotopic (exact) mass is 263 g/mol. The molecule has 0 aliphatic rings. The quantitative estimate of drug-likeness (QED) is 0.902. The van der Waals surface area contributed by atoms with Crippen LogP contribution in [0.3, 0.4) is 0 Å². The lowest BCUT2D eigenvalue weighted by molar-refractivity contribution is 0.263. The van der Waals surface area contributed by atoms with Gasteiger partial charge in [-0.15, -0.1) is 0 Å². The molecule has 2 heterocycles. The molecule has 1 N–H and O–H groups in total. The Balaban J connectivity index is 2.30. The van der Waals surface area contributed by atoms with E-state index < -0.39 is 0 Å². The highest BCUT2D eigenvalue weighted by Crippen LogP contribution is 2.18. The molecule has 1 atom stereocenters. The Morgan fingerprint density at radius 2 is 2.16 bits per heavy atom. The number of hydrogen-bond donors (Lipinski definition) is 1. The number of aliphatic hydroxyl groups is 1. The molecule has 0 saturated carbocycles. The van der Waals surface area contributed by atoms with E-state index in [1.165, 1.54) is 12.3 Å². The van der Waals surface area contributed by atoms with Crippen LogP contribution in [0.1, 0.15) is 26.0 Å². The summed E-state index contributed by atoms with van der Waals surface area (Å²) in [6.07, 6.45) is 2.22. The summed E-state index contributed by atoms with van der Waals surface area (Å²) in [4.78, 5) is 4.00. The maximum atomic E-state index is 12.8. The third kappa shape index (κ3) is 3.17. The van der Waals surface area contributed by atoms with Crippen molar-refractivity contribution in [1.82, 2.24) is 14.8 Å². The van der Waals surface area contributed by atoms with Crippen LogP contribution in [0.15, 0.2) is 24.4 Å². The van der Waals surface area contributed by atoms with E-state index in [9.17, 15) is 9.50 Å².